The molecule has 0 aromatic carbocycles. The molecule has 162 valence electrons. The van der Waals surface area contributed by atoms with Crippen LogP contribution in [0.4, 0.5) is 0 Å². The van der Waals surface area contributed by atoms with Crippen molar-refractivity contribution in [3.05, 3.63) is 29.6 Å². The number of aromatic nitrogens is 2. The molecule has 3 saturated heterocycles. The third-order valence-electron chi connectivity index (χ3n) is 7.66. The van der Waals surface area contributed by atoms with Crippen LogP contribution in [-0.2, 0) is 14.3 Å². The van der Waals surface area contributed by atoms with Crippen LogP contribution in [0.2, 0.25) is 0 Å². The molecule has 1 spiro atoms. The van der Waals surface area contributed by atoms with E-state index >= 15 is 0 Å². The highest BCUT2D eigenvalue weighted by atomic mass is 16.5. The Hall–Kier alpha value is -2.15. The second kappa shape index (κ2) is 6.94. The van der Waals surface area contributed by atoms with Gasteiger partial charge >= 0.3 is 0 Å². The summed E-state index contributed by atoms with van der Waals surface area (Å²) in [5, 5.41) is 4.56. The van der Waals surface area contributed by atoms with E-state index in [2.05, 4.69) is 31.9 Å². The fourth-order valence-corrected chi connectivity index (χ4v) is 5.89. The molecule has 0 aliphatic carbocycles. The molecule has 0 unspecified atom stereocenters. The van der Waals surface area contributed by atoms with Gasteiger partial charge in [-0.3, -0.25) is 14.3 Å². The van der Waals surface area contributed by atoms with Crippen molar-refractivity contribution in [1.82, 2.24) is 19.6 Å². The summed E-state index contributed by atoms with van der Waals surface area (Å²) in [5.41, 5.74) is 1.52. The second-order valence-corrected chi connectivity index (χ2v) is 9.57. The number of rotatable bonds is 6. The first kappa shape index (κ1) is 19.8. The molecule has 30 heavy (non-hydrogen) atoms. The Labute approximate surface area is 178 Å². The third-order valence-corrected chi connectivity index (χ3v) is 7.66. The summed E-state index contributed by atoms with van der Waals surface area (Å²) in [7, 11) is 0. The normalized spacial score (nSPS) is 32.4. The van der Waals surface area contributed by atoms with Gasteiger partial charge in [0.05, 0.1) is 36.2 Å². The van der Waals surface area contributed by atoms with E-state index in [1.807, 2.05) is 33.6 Å². The Morgan fingerprint density at radius 1 is 1.30 bits per heavy atom. The van der Waals surface area contributed by atoms with Crippen molar-refractivity contribution in [3.63, 3.8) is 0 Å². The monoisotopic (exact) mass is 412 g/mol. The molecule has 3 fully saturated rings. The maximum Gasteiger partial charge on any atom is 0.230 e. The number of likely N-dealkylation sites (tertiary alicyclic amines) is 2. The quantitative estimate of drug-likeness (QED) is 0.671. The van der Waals surface area contributed by atoms with Gasteiger partial charge in [-0.1, -0.05) is 38.8 Å². The molecule has 2 bridgehead atoms. The summed E-state index contributed by atoms with van der Waals surface area (Å²) >= 11 is 0. The molecule has 1 aromatic rings. The Morgan fingerprint density at radius 2 is 2.03 bits per heavy atom. The van der Waals surface area contributed by atoms with Crippen molar-refractivity contribution in [2.75, 3.05) is 26.2 Å². The third kappa shape index (κ3) is 2.77. The lowest BCUT2D eigenvalue weighted by Gasteiger charge is -2.42. The van der Waals surface area contributed by atoms with Gasteiger partial charge < -0.3 is 14.5 Å². The second-order valence-electron chi connectivity index (χ2n) is 9.57. The molecule has 5 heterocycles. The number of amides is 2. The number of ether oxygens (including phenoxy) is 1. The van der Waals surface area contributed by atoms with Gasteiger partial charge in [-0.15, -0.1) is 0 Å². The number of carbonyl (C=O) groups excluding carboxylic acids is 2. The van der Waals surface area contributed by atoms with E-state index in [1.54, 1.807) is 0 Å². The van der Waals surface area contributed by atoms with E-state index in [0.717, 1.165) is 30.8 Å². The Balaban J connectivity index is 1.30. The first-order valence-electron chi connectivity index (χ1n) is 11.3. The van der Waals surface area contributed by atoms with Gasteiger partial charge in [0.1, 0.15) is 5.60 Å². The predicted octanol–water partition coefficient (Wildman–Crippen LogP) is 2.10. The lowest BCUT2D eigenvalue weighted by molar-refractivity contribution is -0.148. The summed E-state index contributed by atoms with van der Waals surface area (Å²) < 4.78 is 8.30. The van der Waals surface area contributed by atoms with E-state index < -0.39 is 11.5 Å². The van der Waals surface area contributed by atoms with Gasteiger partial charge in [-0.2, -0.15) is 5.10 Å². The first-order valence-corrected chi connectivity index (χ1v) is 11.3. The van der Waals surface area contributed by atoms with Crippen LogP contribution in [0.1, 0.15) is 44.1 Å². The standard InChI is InChI=1S/C23H32N4O3/c1-5-16(6-2)10-26-13-23-8-7-18(30-23)19(20(23)22(26)29)21(28)25-11-17(12-25)27-15(4)9-14(3)24-27/h7-9,16-20H,5-6,10-13H2,1-4H3/t18-,19+,20+,23-/m0/s1. The maximum atomic E-state index is 13.4. The van der Waals surface area contributed by atoms with Crippen molar-refractivity contribution < 1.29 is 14.3 Å². The topological polar surface area (TPSA) is 67.7 Å². The fourth-order valence-electron chi connectivity index (χ4n) is 5.89. The Kier molecular flexibility index (Phi) is 4.58. The number of hydrogen-bond acceptors (Lipinski definition) is 4. The summed E-state index contributed by atoms with van der Waals surface area (Å²) in [6.45, 7) is 11.0. The van der Waals surface area contributed by atoms with Crippen LogP contribution in [0.15, 0.2) is 18.2 Å². The molecule has 4 aliphatic rings. The van der Waals surface area contributed by atoms with Crippen LogP contribution in [0.5, 0.6) is 0 Å². The highest BCUT2D eigenvalue weighted by molar-refractivity contribution is 5.93. The van der Waals surface area contributed by atoms with Gasteiger partial charge in [-0.25, -0.2) is 0 Å². The highest BCUT2D eigenvalue weighted by Crippen LogP contribution is 2.52. The zero-order valence-electron chi connectivity index (χ0n) is 18.4. The molecule has 0 saturated carbocycles. The molecule has 4 aliphatic heterocycles. The Bertz CT molecular complexity index is 898. The summed E-state index contributed by atoms with van der Waals surface area (Å²) in [6, 6.07) is 2.28. The van der Waals surface area contributed by atoms with Crippen LogP contribution in [0.25, 0.3) is 0 Å². The van der Waals surface area contributed by atoms with Crippen molar-refractivity contribution in [1.29, 1.82) is 0 Å². The number of carbonyl (C=O) groups is 2. The average molecular weight is 413 g/mol. The van der Waals surface area contributed by atoms with Crippen molar-refractivity contribution in [3.8, 4) is 0 Å². The molecule has 5 rings (SSSR count). The van der Waals surface area contributed by atoms with Gasteiger partial charge in [-0.05, 0) is 25.8 Å². The van der Waals surface area contributed by atoms with Crippen molar-refractivity contribution >= 4 is 11.8 Å². The van der Waals surface area contributed by atoms with Crippen LogP contribution in [0.3, 0.4) is 0 Å². The average Bonchev–Trinajstić information content (AvgIpc) is 3.39. The molecule has 0 N–H and O–H groups in total. The number of aryl methyl sites for hydroxylation is 2. The van der Waals surface area contributed by atoms with E-state index in [-0.39, 0.29) is 29.9 Å². The van der Waals surface area contributed by atoms with Crippen molar-refractivity contribution in [2.24, 2.45) is 17.8 Å². The fraction of sp³-hybridized carbons (Fsp3) is 0.696. The molecule has 4 atom stereocenters. The van der Waals surface area contributed by atoms with Crippen LogP contribution < -0.4 is 0 Å². The van der Waals surface area contributed by atoms with Gasteiger partial charge in [0.15, 0.2) is 0 Å². The number of hydrogen-bond donors (Lipinski definition) is 0. The summed E-state index contributed by atoms with van der Waals surface area (Å²) in [5.74, 6) is -0.108. The predicted molar refractivity (Wildman–Crippen MR) is 112 cm³/mol. The van der Waals surface area contributed by atoms with E-state index in [4.69, 9.17) is 4.74 Å². The molecular weight excluding hydrogens is 380 g/mol. The molecular formula is C23H32N4O3. The van der Waals surface area contributed by atoms with E-state index in [1.165, 1.54) is 0 Å². The number of fused-ring (bicyclic) bond motifs is 1. The lowest BCUT2D eigenvalue weighted by Crippen LogP contribution is -2.56. The van der Waals surface area contributed by atoms with Gasteiger partial charge in [0.2, 0.25) is 11.8 Å². The van der Waals surface area contributed by atoms with Crippen LogP contribution >= 0.6 is 0 Å². The smallest absolute Gasteiger partial charge is 0.230 e. The van der Waals surface area contributed by atoms with E-state index in [0.29, 0.717) is 25.6 Å². The van der Waals surface area contributed by atoms with Gasteiger partial charge in [0.25, 0.3) is 0 Å². The molecule has 7 nitrogen and oxygen atoms in total. The van der Waals surface area contributed by atoms with Gasteiger partial charge in [0, 0.05) is 25.3 Å². The maximum absolute atomic E-state index is 13.4. The molecule has 0 radical (unpaired) electrons. The number of nitrogens with zero attached hydrogens (tertiary/aromatic N) is 4. The largest absolute Gasteiger partial charge is 0.360 e. The molecule has 7 heteroatoms. The summed E-state index contributed by atoms with van der Waals surface area (Å²) in [4.78, 5) is 30.6. The van der Waals surface area contributed by atoms with Crippen LogP contribution in [0, 0.1) is 31.6 Å². The van der Waals surface area contributed by atoms with Crippen LogP contribution in [-0.4, -0.2) is 69.3 Å². The zero-order valence-corrected chi connectivity index (χ0v) is 18.4. The van der Waals surface area contributed by atoms with E-state index in [9.17, 15) is 9.59 Å². The minimum atomic E-state index is -0.603. The minimum Gasteiger partial charge on any atom is -0.360 e. The Morgan fingerprint density at radius 3 is 2.67 bits per heavy atom. The molecule has 1 aromatic heterocycles. The zero-order chi connectivity index (χ0) is 21.2. The SMILES string of the molecule is CCC(CC)CN1C[C@]23C=C[C@H](O2)[C@@H](C(=O)N2CC(n4nc(C)cc4C)C2)[C@@H]3C1=O. The first-order chi connectivity index (χ1) is 14.4. The molecule has 2 amide bonds. The van der Waals surface area contributed by atoms with Crippen molar-refractivity contribution in [2.45, 2.75) is 58.3 Å². The minimum absolute atomic E-state index is 0.0618. The highest BCUT2D eigenvalue weighted by Gasteiger charge is 2.67. The lowest BCUT2D eigenvalue weighted by atomic mass is 9.76. The summed E-state index contributed by atoms with van der Waals surface area (Å²) in [6.07, 6.45) is 5.90.